The molecule has 1 saturated carbocycles. The van der Waals surface area contributed by atoms with Crippen molar-refractivity contribution in [3.05, 3.63) is 74.6 Å². The summed E-state index contributed by atoms with van der Waals surface area (Å²) in [4.78, 5) is 25.7. The van der Waals surface area contributed by atoms with E-state index >= 15 is 0 Å². The zero-order chi connectivity index (χ0) is 27.2. The molecule has 3 aromatic rings. The zero-order valence-electron chi connectivity index (χ0n) is 21.3. The number of aliphatic carboxylic acids is 1. The molecule has 1 atom stereocenters. The van der Waals surface area contributed by atoms with Gasteiger partial charge in [0.1, 0.15) is 5.75 Å². The van der Waals surface area contributed by atoms with Crippen LogP contribution in [-0.4, -0.2) is 35.3 Å². The van der Waals surface area contributed by atoms with E-state index in [1.807, 2.05) is 30.3 Å². The fourth-order valence-corrected chi connectivity index (χ4v) is 5.94. The number of amides is 1. The van der Waals surface area contributed by atoms with Gasteiger partial charge in [-0.25, -0.2) is 4.79 Å². The molecule has 0 radical (unpaired) electrons. The molecule has 1 aromatic heterocycles. The maximum absolute atomic E-state index is 13.1. The molecule has 2 aromatic carbocycles. The summed E-state index contributed by atoms with van der Waals surface area (Å²) in [6.45, 7) is 3.83. The Balaban J connectivity index is 1.52. The summed E-state index contributed by atoms with van der Waals surface area (Å²) >= 11 is 14.1. The van der Waals surface area contributed by atoms with E-state index in [-0.39, 0.29) is 31.1 Å². The van der Waals surface area contributed by atoms with Crippen LogP contribution in [0.4, 0.5) is 0 Å². The number of nitrogens with one attached hydrogen (secondary N) is 1. The minimum absolute atomic E-state index is 0.203. The number of hydrogen-bond donors (Lipinski definition) is 2. The van der Waals surface area contributed by atoms with Crippen molar-refractivity contribution < 1.29 is 24.2 Å². The van der Waals surface area contributed by atoms with Gasteiger partial charge in [0.15, 0.2) is 6.10 Å². The molecule has 1 aliphatic rings. The van der Waals surface area contributed by atoms with Crippen molar-refractivity contribution in [3.8, 4) is 16.2 Å². The lowest BCUT2D eigenvalue weighted by molar-refractivity contribution is -0.153. The Morgan fingerprint density at radius 2 is 1.84 bits per heavy atom. The first-order valence-electron chi connectivity index (χ1n) is 12.7. The molecule has 6 nitrogen and oxygen atoms in total. The highest BCUT2D eigenvalue weighted by molar-refractivity contribution is 7.19. The van der Waals surface area contributed by atoms with Crippen molar-refractivity contribution in [2.45, 2.75) is 70.8 Å². The van der Waals surface area contributed by atoms with Gasteiger partial charge in [0.25, 0.3) is 5.91 Å². The maximum atomic E-state index is 13.1. The van der Waals surface area contributed by atoms with E-state index in [4.69, 9.17) is 32.7 Å². The number of carbonyl (C=O) groups is 2. The van der Waals surface area contributed by atoms with Crippen LogP contribution in [0.25, 0.3) is 10.4 Å². The third kappa shape index (κ3) is 7.50. The van der Waals surface area contributed by atoms with Crippen LogP contribution in [0.1, 0.15) is 61.0 Å². The molecular formula is C29H31Cl2NO5S. The van der Waals surface area contributed by atoms with Crippen molar-refractivity contribution in [2.75, 3.05) is 0 Å². The molecule has 0 saturated heterocycles. The van der Waals surface area contributed by atoms with Crippen LogP contribution in [0.3, 0.4) is 0 Å². The molecule has 38 heavy (non-hydrogen) atoms. The van der Waals surface area contributed by atoms with Gasteiger partial charge >= 0.3 is 5.97 Å². The SMILES string of the molecule is CC(C)OC(Cc1ccc(-c2ccc(Cl)s2)c(CNC(=O)c2ccc(OC3CCCC3)cc2Cl)c1)C(=O)O. The van der Waals surface area contributed by atoms with Gasteiger partial charge in [0, 0.05) is 17.8 Å². The first-order chi connectivity index (χ1) is 18.2. The molecule has 1 heterocycles. The number of carboxylic acids is 1. The molecule has 0 spiro atoms. The number of rotatable bonds is 11. The van der Waals surface area contributed by atoms with Gasteiger partial charge in [-0.2, -0.15) is 0 Å². The number of carbonyl (C=O) groups excluding carboxylic acids is 1. The predicted octanol–water partition coefficient (Wildman–Crippen LogP) is 7.39. The van der Waals surface area contributed by atoms with Crippen molar-refractivity contribution >= 4 is 46.4 Å². The lowest BCUT2D eigenvalue weighted by Gasteiger charge is -2.18. The Bertz CT molecular complexity index is 1290. The number of thiophene rings is 1. The average molecular weight is 577 g/mol. The second kappa shape index (κ2) is 13.0. The van der Waals surface area contributed by atoms with Gasteiger partial charge in [-0.1, -0.05) is 41.4 Å². The summed E-state index contributed by atoms with van der Waals surface area (Å²) in [6, 6.07) is 14.6. The molecule has 0 bridgehead atoms. The number of ether oxygens (including phenoxy) is 2. The van der Waals surface area contributed by atoms with Crippen LogP contribution in [0.15, 0.2) is 48.5 Å². The second-order valence-corrected chi connectivity index (χ2v) is 11.8. The highest BCUT2D eigenvalue weighted by atomic mass is 35.5. The molecule has 1 fully saturated rings. The Hall–Kier alpha value is -2.58. The predicted molar refractivity (Wildman–Crippen MR) is 152 cm³/mol. The molecule has 1 amide bonds. The minimum Gasteiger partial charge on any atom is -0.490 e. The summed E-state index contributed by atoms with van der Waals surface area (Å²) in [6.07, 6.45) is 3.62. The first kappa shape index (κ1) is 28.4. The van der Waals surface area contributed by atoms with Crippen molar-refractivity contribution in [2.24, 2.45) is 0 Å². The van der Waals surface area contributed by atoms with Crippen LogP contribution < -0.4 is 10.1 Å². The molecule has 1 aliphatic carbocycles. The molecule has 1 unspecified atom stereocenters. The minimum atomic E-state index is -1.02. The Labute approximate surface area is 236 Å². The van der Waals surface area contributed by atoms with Crippen molar-refractivity contribution in [3.63, 3.8) is 0 Å². The zero-order valence-corrected chi connectivity index (χ0v) is 23.7. The summed E-state index contributed by atoms with van der Waals surface area (Å²) in [5, 5.41) is 12.9. The van der Waals surface area contributed by atoms with Crippen molar-refractivity contribution in [1.82, 2.24) is 5.32 Å². The highest BCUT2D eigenvalue weighted by Crippen LogP contribution is 2.34. The maximum Gasteiger partial charge on any atom is 0.333 e. The topological polar surface area (TPSA) is 84.9 Å². The van der Waals surface area contributed by atoms with E-state index in [1.165, 1.54) is 24.2 Å². The number of halogens is 2. The van der Waals surface area contributed by atoms with Crippen LogP contribution in [-0.2, 0) is 22.5 Å². The fraction of sp³-hybridized carbons (Fsp3) is 0.379. The summed E-state index contributed by atoms with van der Waals surface area (Å²) in [5.74, 6) is -0.660. The van der Waals surface area contributed by atoms with E-state index in [0.29, 0.717) is 20.7 Å². The molecule has 9 heteroatoms. The third-order valence-electron chi connectivity index (χ3n) is 6.37. The lowest BCUT2D eigenvalue weighted by atomic mass is 9.99. The normalized spacial score (nSPS) is 14.6. The highest BCUT2D eigenvalue weighted by Gasteiger charge is 2.22. The Morgan fingerprint density at radius 3 is 2.47 bits per heavy atom. The van der Waals surface area contributed by atoms with Crippen LogP contribution >= 0.6 is 34.5 Å². The number of carboxylic acid groups (broad SMARTS) is 1. The molecule has 4 rings (SSSR count). The first-order valence-corrected chi connectivity index (χ1v) is 14.3. The van der Waals surface area contributed by atoms with E-state index in [2.05, 4.69) is 5.32 Å². The second-order valence-electron chi connectivity index (χ2n) is 9.66. The van der Waals surface area contributed by atoms with E-state index in [0.717, 1.165) is 34.4 Å². The van der Waals surface area contributed by atoms with Crippen LogP contribution in [0, 0.1) is 0 Å². The monoisotopic (exact) mass is 575 g/mol. The molecular weight excluding hydrogens is 545 g/mol. The van der Waals surface area contributed by atoms with Gasteiger partial charge < -0.3 is 19.9 Å². The molecule has 2 N–H and O–H groups in total. The quantitative estimate of drug-likeness (QED) is 0.249. The van der Waals surface area contributed by atoms with Crippen molar-refractivity contribution in [1.29, 1.82) is 0 Å². The van der Waals surface area contributed by atoms with Gasteiger partial charge in [0.2, 0.25) is 0 Å². The molecule has 202 valence electrons. The smallest absolute Gasteiger partial charge is 0.333 e. The fourth-order valence-electron chi connectivity index (χ4n) is 4.58. The summed E-state index contributed by atoms with van der Waals surface area (Å²) in [5.41, 5.74) is 2.90. The standard InChI is InChI=1S/C29H31Cl2NO5S/c1-17(2)36-25(29(34)35)14-18-7-9-22(26-11-12-27(31)38-26)19(13-18)16-32-28(33)23-10-8-21(15-24(23)30)37-20-5-3-4-6-20/h7-13,15,17,20,25H,3-6,14,16H2,1-2H3,(H,32,33)(H,34,35). The van der Waals surface area contributed by atoms with E-state index in [1.54, 1.807) is 32.0 Å². The summed E-state index contributed by atoms with van der Waals surface area (Å²) in [7, 11) is 0. The number of benzene rings is 2. The third-order valence-corrected chi connectivity index (χ3v) is 7.95. The van der Waals surface area contributed by atoms with Gasteiger partial charge in [-0.15, -0.1) is 11.3 Å². The van der Waals surface area contributed by atoms with Crippen LogP contribution in [0.5, 0.6) is 5.75 Å². The Morgan fingerprint density at radius 1 is 1.08 bits per heavy atom. The van der Waals surface area contributed by atoms with Gasteiger partial charge in [-0.05, 0) is 86.6 Å². The van der Waals surface area contributed by atoms with E-state index < -0.39 is 12.1 Å². The van der Waals surface area contributed by atoms with Crippen LogP contribution in [0.2, 0.25) is 9.36 Å². The van der Waals surface area contributed by atoms with E-state index in [9.17, 15) is 14.7 Å². The van der Waals surface area contributed by atoms with Gasteiger partial charge in [-0.3, -0.25) is 4.79 Å². The number of hydrogen-bond acceptors (Lipinski definition) is 5. The lowest BCUT2D eigenvalue weighted by Crippen LogP contribution is -2.29. The van der Waals surface area contributed by atoms with Gasteiger partial charge in [0.05, 0.1) is 27.1 Å². The largest absolute Gasteiger partial charge is 0.490 e. The molecule has 0 aliphatic heterocycles. The summed E-state index contributed by atoms with van der Waals surface area (Å²) < 4.78 is 12.2. The average Bonchev–Trinajstić information content (AvgIpc) is 3.53. The Kier molecular flexibility index (Phi) is 9.71.